The molecule has 0 unspecified atom stereocenters. The van der Waals surface area contributed by atoms with Crippen LogP contribution in [0.1, 0.15) is 22.6 Å². The number of hydrogen-bond donors (Lipinski definition) is 1. The monoisotopic (exact) mass is 365 g/mol. The molecule has 0 aliphatic heterocycles. The van der Waals surface area contributed by atoms with E-state index in [1.807, 2.05) is 26.0 Å². The van der Waals surface area contributed by atoms with Crippen LogP contribution in [0.25, 0.3) is 10.9 Å². The zero-order valence-corrected chi connectivity index (χ0v) is 15.8. The molecule has 4 nitrogen and oxygen atoms in total. The second-order valence-electron chi connectivity index (χ2n) is 6.28. The van der Waals surface area contributed by atoms with E-state index in [1.54, 1.807) is 4.68 Å². The lowest BCUT2D eigenvalue weighted by Gasteiger charge is -2.16. The first kappa shape index (κ1) is 17.3. The highest BCUT2D eigenvalue weighted by atomic mass is 35.5. The largest absolute Gasteiger partial charge is 0.389 e. The van der Waals surface area contributed by atoms with E-state index in [0.29, 0.717) is 23.1 Å². The summed E-state index contributed by atoms with van der Waals surface area (Å²) in [7, 11) is 0. The molecular formula is C18H21Cl2N3O. The average molecular weight is 366 g/mol. The van der Waals surface area contributed by atoms with Crippen LogP contribution in [0.5, 0.6) is 0 Å². The van der Waals surface area contributed by atoms with Gasteiger partial charge < -0.3 is 9.67 Å². The maximum atomic E-state index is 10.6. The Labute approximate surface area is 151 Å². The molecule has 1 aromatic carbocycles. The highest BCUT2D eigenvalue weighted by Gasteiger charge is 2.18. The van der Waals surface area contributed by atoms with Crippen molar-refractivity contribution in [2.24, 2.45) is 0 Å². The average Bonchev–Trinajstić information content (AvgIpc) is 2.92. The van der Waals surface area contributed by atoms with Crippen LogP contribution in [0.15, 0.2) is 18.2 Å². The first-order valence-electron chi connectivity index (χ1n) is 7.92. The first-order valence-corrected chi connectivity index (χ1v) is 8.68. The molecule has 0 saturated carbocycles. The molecular weight excluding hydrogens is 345 g/mol. The number of rotatable bonds is 4. The number of nitrogens with zero attached hydrogens (tertiary/aromatic N) is 3. The molecule has 0 saturated heterocycles. The third-order valence-electron chi connectivity index (χ3n) is 4.68. The van der Waals surface area contributed by atoms with Gasteiger partial charge in [-0.1, -0.05) is 35.3 Å². The third kappa shape index (κ3) is 2.83. The van der Waals surface area contributed by atoms with Crippen LogP contribution in [0.3, 0.4) is 0 Å². The lowest BCUT2D eigenvalue weighted by atomic mass is 10.2. The van der Waals surface area contributed by atoms with Crippen LogP contribution in [-0.2, 0) is 13.1 Å². The standard InChI is InChI=1S/C18H21Cl2N3O/c1-10-12(3)22(18-15(10)6-5-7-16(18)19)8-14(24)9-23-13(4)17(20)11(2)21-23/h5-7,14,24H,8-9H2,1-4H3/t14-/m1/s1. The van der Waals surface area contributed by atoms with Crippen molar-refractivity contribution in [3.63, 3.8) is 0 Å². The van der Waals surface area contributed by atoms with Gasteiger partial charge >= 0.3 is 0 Å². The van der Waals surface area contributed by atoms with E-state index >= 15 is 0 Å². The molecule has 0 aliphatic rings. The maximum absolute atomic E-state index is 10.6. The number of fused-ring (bicyclic) bond motifs is 1. The highest BCUT2D eigenvalue weighted by Crippen LogP contribution is 2.31. The number of aliphatic hydroxyl groups is 1. The van der Waals surface area contributed by atoms with Gasteiger partial charge in [0.2, 0.25) is 0 Å². The van der Waals surface area contributed by atoms with Crippen molar-refractivity contribution in [1.82, 2.24) is 14.3 Å². The SMILES string of the molecule is Cc1nn(C[C@H](O)Cn2c(C)c(C)c3cccc(Cl)c32)c(C)c1Cl. The summed E-state index contributed by atoms with van der Waals surface area (Å²) in [5.74, 6) is 0. The number of aryl methyl sites for hydroxylation is 2. The molecule has 0 aliphatic carbocycles. The Morgan fingerprint density at radius 3 is 2.42 bits per heavy atom. The summed E-state index contributed by atoms with van der Waals surface area (Å²) in [5.41, 5.74) is 4.93. The number of hydrogen-bond acceptors (Lipinski definition) is 2. The summed E-state index contributed by atoms with van der Waals surface area (Å²) in [6.07, 6.45) is -0.593. The molecule has 0 amide bonds. The van der Waals surface area contributed by atoms with Gasteiger partial charge in [0.15, 0.2) is 0 Å². The van der Waals surface area contributed by atoms with E-state index in [4.69, 9.17) is 23.2 Å². The normalized spacial score (nSPS) is 13.0. The lowest BCUT2D eigenvalue weighted by Crippen LogP contribution is -2.24. The van der Waals surface area contributed by atoms with Gasteiger partial charge in [-0.25, -0.2) is 0 Å². The molecule has 1 atom stereocenters. The molecule has 0 radical (unpaired) electrons. The Bertz CT molecular complexity index is 911. The Kier molecular flexibility index (Phi) is 4.65. The smallest absolute Gasteiger partial charge is 0.0914 e. The Morgan fingerprint density at radius 2 is 1.79 bits per heavy atom. The maximum Gasteiger partial charge on any atom is 0.0914 e. The quantitative estimate of drug-likeness (QED) is 0.742. The second-order valence-corrected chi connectivity index (χ2v) is 7.06. The van der Waals surface area contributed by atoms with Crippen molar-refractivity contribution >= 4 is 34.1 Å². The van der Waals surface area contributed by atoms with Crippen LogP contribution >= 0.6 is 23.2 Å². The molecule has 128 valence electrons. The summed E-state index contributed by atoms with van der Waals surface area (Å²) in [4.78, 5) is 0. The van der Waals surface area contributed by atoms with Crippen LogP contribution < -0.4 is 0 Å². The van der Waals surface area contributed by atoms with Crippen LogP contribution in [0, 0.1) is 27.7 Å². The van der Waals surface area contributed by atoms with E-state index < -0.39 is 6.10 Å². The summed E-state index contributed by atoms with van der Waals surface area (Å²) in [6.45, 7) is 8.76. The van der Waals surface area contributed by atoms with Crippen LogP contribution in [0.4, 0.5) is 0 Å². The van der Waals surface area contributed by atoms with Crippen molar-refractivity contribution in [2.75, 3.05) is 0 Å². The van der Waals surface area contributed by atoms with Gasteiger partial charge in [0.25, 0.3) is 0 Å². The van der Waals surface area contributed by atoms with Crippen LogP contribution in [0.2, 0.25) is 10.0 Å². The highest BCUT2D eigenvalue weighted by molar-refractivity contribution is 6.35. The van der Waals surface area contributed by atoms with Crippen molar-refractivity contribution in [3.05, 3.63) is 50.9 Å². The number of aromatic nitrogens is 3. The molecule has 0 bridgehead atoms. The minimum atomic E-state index is -0.593. The number of aliphatic hydroxyl groups excluding tert-OH is 1. The molecule has 6 heteroatoms. The molecule has 3 rings (SSSR count). The number of para-hydroxylation sites is 1. The van der Waals surface area contributed by atoms with E-state index in [9.17, 15) is 5.11 Å². The summed E-state index contributed by atoms with van der Waals surface area (Å²) >= 11 is 12.6. The Morgan fingerprint density at radius 1 is 1.08 bits per heavy atom. The molecule has 1 N–H and O–H groups in total. The van der Waals surface area contributed by atoms with Crippen molar-refractivity contribution in [1.29, 1.82) is 0 Å². The van der Waals surface area contributed by atoms with E-state index in [-0.39, 0.29) is 0 Å². The van der Waals surface area contributed by atoms with E-state index in [2.05, 4.69) is 29.6 Å². The number of halogens is 2. The molecule has 0 fully saturated rings. The van der Waals surface area contributed by atoms with Gasteiger partial charge in [-0.05, 0) is 39.3 Å². The minimum Gasteiger partial charge on any atom is -0.389 e. The topological polar surface area (TPSA) is 43.0 Å². The van der Waals surface area contributed by atoms with E-state index in [0.717, 1.165) is 28.0 Å². The predicted molar refractivity (Wildman–Crippen MR) is 99.1 cm³/mol. The zero-order valence-electron chi connectivity index (χ0n) is 14.3. The molecule has 3 aromatic rings. The fourth-order valence-corrected chi connectivity index (χ4v) is 3.62. The van der Waals surface area contributed by atoms with Crippen LogP contribution in [-0.4, -0.2) is 25.6 Å². The molecule has 2 heterocycles. The lowest BCUT2D eigenvalue weighted by molar-refractivity contribution is 0.130. The molecule has 24 heavy (non-hydrogen) atoms. The fraction of sp³-hybridized carbons (Fsp3) is 0.389. The predicted octanol–water partition coefficient (Wildman–Crippen LogP) is 4.44. The van der Waals surface area contributed by atoms with E-state index in [1.165, 1.54) is 5.56 Å². The van der Waals surface area contributed by atoms with Gasteiger partial charge in [0.1, 0.15) is 0 Å². The van der Waals surface area contributed by atoms with Gasteiger partial charge in [-0.15, -0.1) is 0 Å². The first-order chi connectivity index (χ1) is 11.3. The third-order valence-corrected chi connectivity index (χ3v) is 5.53. The van der Waals surface area contributed by atoms with Gasteiger partial charge in [-0.3, -0.25) is 4.68 Å². The van der Waals surface area contributed by atoms with Gasteiger partial charge in [0, 0.05) is 11.1 Å². The van der Waals surface area contributed by atoms with Crippen molar-refractivity contribution in [3.8, 4) is 0 Å². The van der Waals surface area contributed by atoms with Crippen molar-refractivity contribution in [2.45, 2.75) is 46.9 Å². The fourth-order valence-electron chi connectivity index (χ4n) is 3.21. The second kappa shape index (κ2) is 6.43. The zero-order chi connectivity index (χ0) is 17.6. The molecule has 2 aromatic heterocycles. The summed E-state index contributed by atoms with van der Waals surface area (Å²) in [5, 5.41) is 17.5. The number of benzene rings is 1. The molecule has 0 spiro atoms. The van der Waals surface area contributed by atoms with Crippen molar-refractivity contribution < 1.29 is 5.11 Å². The summed E-state index contributed by atoms with van der Waals surface area (Å²) in [6, 6.07) is 5.90. The minimum absolute atomic E-state index is 0.391. The Hall–Kier alpha value is -1.49. The van der Waals surface area contributed by atoms with Gasteiger partial charge in [-0.2, -0.15) is 5.10 Å². The summed E-state index contributed by atoms with van der Waals surface area (Å²) < 4.78 is 3.85. The Balaban J connectivity index is 1.92. The van der Waals surface area contributed by atoms with Gasteiger partial charge in [0.05, 0.1) is 46.1 Å².